The maximum absolute atomic E-state index is 3.45. The van der Waals surface area contributed by atoms with Gasteiger partial charge < -0.3 is 10.2 Å². The molecule has 0 aliphatic carbocycles. The number of hydrogen-bond donors (Lipinski definition) is 1. The Balaban J connectivity index is 2.21. The van der Waals surface area contributed by atoms with Crippen molar-refractivity contribution >= 4 is 11.4 Å². The summed E-state index contributed by atoms with van der Waals surface area (Å²) in [6, 6.07) is 18.0. The van der Waals surface area contributed by atoms with Gasteiger partial charge in [0.1, 0.15) is 0 Å². The third-order valence-electron chi connectivity index (χ3n) is 3.88. The zero-order valence-corrected chi connectivity index (χ0v) is 13.6. The molecule has 1 unspecified atom stereocenters. The molecular weight excluding hydrogens is 256 g/mol. The summed E-state index contributed by atoms with van der Waals surface area (Å²) < 4.78 is 0. The van der Waals surface area contributed by atoms with Gasteiger partial charge in [0.25, 0.3) is 0 Å². The van der Waals surface area contributed by atoms with Crippen LogP contribution >= 0.6 is 0 Å². The molecule has 2 heteroatoms. The lowest BCUT2D eigenvalue weighted by Gasteiger charge is -2.24. The molecule has 0 amide bonds. The van der Waals surface area contributed by atoms with E-state index in [1.54, 1.807) is 0 Å². The van der Waals surface area contributed by atoms with Gasteiger partial charge in [-0.15, -0.1) is 0 Å². The summed E-state index contributed by atoms with van der Waals surface area (Å²) >= 11 is 0. The van der Waals surface area contributed by atoms with Gasteiger partial charge in [0.15, 0.2) is 0 Å². The Kier molecular flexibility index (Phi) is 5.40. The Bertz CT molecular complexity index is 543. The van der Waals surface area contributed by atoms with E-state index in [1.165, 1.54) is 22.5 Å². The van der Waals surface area contributed by atoms with Crippen molar-refractivity contribution in [3.63, 3.8) is 0 Å². The molecule has 112 valence electrons. The fraction of sp³-hybridized carbons (Fsp3) is 0.368. The van der Waals surface area contributed by atoms with Crippen LogP contribution in [0.2, 0.25) is 0 Å². The average molecular weight is 282 g/mol. The Morgan fingerprint density at radius 3 is 1.90 bits per heavy atom. The Morgan fingerprint density at radius 1 is 0.905 bits per heavy atom. The predicted octanol–water partition coefficient (Wildman–Crippen LogP) is 4.82. The molecule has 0 aliphatic heterocycles. The van der Waals surface area contributed by atoms with Crippen molar-refractivity contribution in [1.29, 1.82) is 0 Å². The van der Waals surface area contributed by atoms with Crippen LogP contribution in [0.5, 0.6) is 0 Å². The lowest BCUT2D eigenvalue weighted by atomic mass is 10.1. The van der Waals surface area contributed by atoms with Crippen LogP contribution in [0, 0.1) is 6.92 Å². The zero-order chi connectivity index (χ0) is 15.2. The third kappa shape index (κ3) is 3.85. The molecule has 2 aromatic carbocycles. The van der Waals surface area contributed by atoms with E-state index in [2.05, 4.69) is 86.4 Å². The van der Waals surface area contributed by atoms with Gasteiger partial charge in [0.05, 0.1) is 0 Å². The van der Waals surface area contributed by atoms with E-state index >= 15 is 0 Å². The molecule has 1 atom stereocenters. The molecule has 2 nitrogen and oxygen atoms in total. The van der Waals surface area contributed by atoms with Crippen LogP contribution in [0.3, 0.4) is 0 Å². The maximum Gasteiger partial charge on any atom is 0.0410 e. The van der Waals surface area contributed by atoms with E-state index in [-0.39, 0.29) is 0 Å². The highest BCUT2D eigenvalue weighted by molar-refractivity contribution is 5.63. The van der Waals surface area contributed by atoms with E-state index in [0.29, 0.717) is 6.04 Å². The molecule has 0 saturated heterocycles. The minimum absolute atomic E-state index is 0.401. The van der Waals surface area contributed by atoms with E-state index in [0.717, 1.165) is 13.1 Å². The monoisotopic (exact) mass is 282 g/mol. The molecule has 1 N–H and O–H groups in total. The van der Waals surface area contributed by atoms with E-state index in [1.807, 2.05) is 0 Å². The van der Waals surface area contributed by atoms with Gasteiger partial charge in [-0.3, -0.25) is 0 Å². The van der Waals surface area contributed by atoms with Gasteiger partial charge in [-0.2, -0.15) is 0 Å². The lowest BCUT2D eigenvalue weighted by molar-refractivity contribution is 0.598. The SMILES string of the molecule is CCNC(C)c1ccc(N(CC)c2ccc(C)cc2)cc1. The molecular formula is C19H26N2. The normalized spacial score (nSPS) is 12.2. The molecule has 2 aromatic rings. The highest BCUT2D eigenvalue weighted by Crippen LogP contribution is 2.26. The molecule has 2 rings (SSSR count). The van der Waals surface area contributed by atoms with Crippen LogP contribution in [0.15, 0.2) is 48.5 Å². The summed E-state index contributed by atoms with van der Waals surface area (Å²) in [5, 5.41) is 3.45. The van der Waals surface area contributed by atoms with Crippen molar-refractivity contribution in [2.45, 2.75) is 33.7 Å². The fourth-order valence-electron chi connectivity index (χ4n) is 2.61. The molecule has 0 aromatic heterocycles. The highest BCUT2D eigenvalue weighted by Gasteiger charge is 2.08. The first-order valence-electron chi connectivity index (χ1n) is 7.83. The minimum atomic E-state index is 0.401. The fourth-order valence-corrected chi connectivity index (χ4v) is 2.61. The second-order valence-electron chi connectivity index (χ2n) is 5.45. The minimum Gasteiger partial charge on any atom is -0.342 e. The van der Waals surface area contributed by atoms with Crippen molar-refractivity contribution in [3.05, 3.63) is 59.7 Å². The quantitative estimate of drug-likeness (QED) is 0.817. The summed E-state index contributed by atoms with van der Waals surface area (Å²) in [6.07, 6.45) is 0. The maximum atomic E-state index is 3.45. The average Bonchev–Trinajstić information content (AvgIpc) is 2.51. The van der Waals surface area contributed by atoms with Crippen LogP contribution in [0.1, 0.15) is 37.9 Å². The van der Waals surface area contributed by atoms with Gasteiger partial charge in [0.2, 0.25) is 0 Å². The third-order valence-corrected chi connectivity index (χ3v) is 3.88. The number of aryl methyl sites for hydroxylation is 1. The number of rotatable bonds is 6. The second-order valence-corrected chi connectivity index (χ2v) is 5.45. The Labute approximate surface area is 128 Å². The molecule has 0 aliphatic rings. The Hall–Kier alpha value is -1.80. The number of benzene rings is 2. The first kappa shape index (κ1) is 15.6. The van der Waals surface area contributed by atoms with Crippen molar-refractivity contribution in [2.75, 3.05) is 18.0 Å². The van der Waals surface area contributed by atoms with Crippen LogP contribution in [0.25, 0.3) is 0 Å². The van der Waals surface area contributed by atoms with Crippen LogP contribution in [-0.2, 0) is 0 Å². The van der Waals surface area contributed by atoms with Crippen LogP contribution < -0.4 is 10.2 Å². The summed E-state index contributed by atoms with van der Waals surface area (Å²) in [4.78, 5) is 2.33. The van der Waals surface area contributed by atoms with Gasteiger partial charge in [-0.05, 0) is 57.1 Å². The smallest absolute Gasteiger partial charge is 0.0410 e. The van der Waals surface area contributed by atoms with Crippen molar-refractivity contribution in [2.24, 2.45) is 0 Å². The summed E-state index contributed by atoms with van der Waals surface area (Å²) in [5.41, 5.74) is 5.12. The molecule has 0 fully saturated rings. The molecule has 0 radical (unpaired) electrons. The number of nitrogens with zero attached hydrogens (tertiary/aromatic N) is 1. The molecule has 0 spiro atoms. The second kappa shape index (κ2) is 7.28. The zero-order valence-electron chi connectivity index (χ0n) is 13.6. The topological polar surface area (TPSA) is 15.3 Å². The standard InChI is InChI=1S/C19H26N2/c1-5-20-16(4)17-9-13-19(14-10-17)21(6-2)18-11-7-15(3)8-12-18/h7-14,16,20H,5-6H2,1-4H3. The first-order valence-corrected chi connectivity index (χ1v) is 7.83. The van der Waals surface area contributed by atoms with E-state index in [9.17, 15) is 0 Å². The summed E-state index contributed by atoms with van der Waals surface area (Å²) in [6.45, 7) is 10.6. The molecule has 21 heavy (non-hydrogen) atoms. The number of hydrogen-bond acceptors (Lipinski definition) is 2. The molecule has 0 heterocycles. The van der Waals surface area contributed by atoms with Crippen molar-refractivity contribution in [1.82, 2.24) is 5.32 Å². The first-order chi connectivity index (χ1) is 10.2. The van der Waals surface area contributed by atoms with Crippen molar-refractivity contribution in [3.8, 4) is 0 Å². The summed E-state index contributed by atoms with van der Waals surface area (Å²) in [7, 11) is 0. The lowest BCUT2D eigenvalue weighted by Crippen LogP contribution is -2.18. The number of anilines is 2. The van der Waals surface area contributed by atoms with Gasteiger partial charge in [0, 0.05) is 24.0 Å². The predicted molar refractivity (Wildman–Crippen MR) is 92.4 cm³/mol. The van der Waals surface area contributed by atoms with Gasteiger partial charge in [-0.1, -0.05) is 36.8 Å². The van der Waals surface area contributed by atoms with E-state index in [4.69, 9.17) is 0 Å². The largest absolute Gasteiger partial charge is 0.342 e. The highest BCUT2D eigenvalue weighted by atomic mass is 15.1. The van der Waals surface area contributed by atoms with E-state index < -0.39 is 0 Å². The number of nitrogens with one attached hydrogen (secondary N) is 1. The summed E-state index contributed by atoms with van der Waals surface area (Å²) in [5.74, 6) is 0. The van der Waals surface area contributed by atoms with Gasteiger partial charge >= 0.3 is 0 Å². The molecule has 0 bridgehead atoms. The van der Waals surface area contributed by atoms with Crippen LogP contribution in [0.4, 0.5) is 11.4 Å². The van der Waals surface area contributed by atoms with Gasteiger partial charge in [-0.25, -0.2) is 0 Å². The van der Waals surface area contributed by atoms with Crippen LogP contribution in [-0.4, -0.2) is 13.1 Å². The van der Waals surface area contributed by atoms with Crippen molar-refractivity contribution < 1.29 is 0 Å². The Morgan fingerprint density at radius 2 is 1.43 bits per heavy atom. The molecule has 0 saturated carbocycles.